The SMILES string of the molecule is CCCc1nnsc1C(N)CCc1ccc2c(c1)CCO2. The van der Waals surface area contributed by atoms with Gasteiger partial charge in [-0.1, -0.05) is 30.0 Å². The average Bonchev–Trinajstić information content (AvgIpc) is 3.13. The fourth-order valence-electron chi connectivity index (χ4n) is 2.76. The Hall–Kier alpha value is -1.46. The van der Waals surface area contributed by atoms with Crippen LogP contribution >= 0.6 is 11.5 Å². The van der Waals surface area contributed by atoms with E-state index in [1.54, 1.807) is 0 Å². The summed E-state index contributed by atoms with van der Waals surface area (Å²) < 4.78 is 9.60. The van der Waals surface area contributed by atoms with Crippen molar-refractivity contribution in [1.29, 1.82) is 0 Å². The molecule has 0 saturated heterocycles. The van der Waals surface area contributed by atoms with Gasteiger partial charge in [0, 0.05) is 12.5 Å². The second kappa shape index (κ2) is 6.54. The summed E-state index contributed by atoms with van der Waals surface area (Å²) in [5, 5.41) is 4.20. The lowest BCUT2D eigenvalue weighted by Gasteiger charge is -2.11. The van der Waals surface area contributed by atoms with Gasteiger partial charge in [-0.15, -0.1) is 5.10 Å². The summed E-state index contributed by atoms with van der Waals surface area (Å²) in [6, 6.07) is 6.53. The fraction of sp³-hybridized carbons (Fsp3) is 0.500. The molecule has 0 aliphatic carbocycles. The van der Waals surface area contributed by atoms with Crippen LogP contribution in [0.2, 0.25) is 0 Å². The minimum Gasteiger partial charge on any atom is -0.493 e. The fourth-order valence-corrected chi connectivity index (χ4v) is 3.48. The second-order valence-corrected chi connectivity index (χ2v) is 6.31. The van der Waals surface area contributed by atoms with Crippen LogP contribution < -0.4 is 10.5 Å². The van der Waals surface area contributed by atoms with Gasteiger partial charge in [-0.05, 0) is 48.0 Å². The molecule has 2 heterocycles. The Morgan fingerprint density at radius 1 is 1.38 bits per heavy atom. The maximum atomic E-state index is 6.34. The highest BCUT2D eigenvalue weighted by atomic mass is 32.1. The van der Waals surface area contributed by atoms with Gasteiger partial charge in [0.1, 0.15) is 5.75 Å². The van der Waals surface area contributed by atoms with Crippen molar-refractivity contribution in [1.82, 2.24) is 9.59 Å². The molecule has 1 aliphatic rings. The second-order valence-electron chi connectivity index (χ2n) is 5.52. The van der Waals surface area contributed by atoms with Crippen molar-refractivity contribution < 1.29 is 4.74 Å². The third-order valence-corrected chi connectivity index (χ3v) is 4.80. The number of aryl methyl sites for hydroxylation is 2. The molecule has 0 radical (unpaired) electrons. The van der Waals surface area contributed by atoms with Gasteiger partial charge in [0.05, 0.1) is 17.2 Å². The van der Waals surface area contributed by atoms with Crippen molar-refractivity contribution in [3.05, 3.63) is 39.9 Å². The standard InChI is InChI=1S/C16H21N3OS/c1-2-3-14-16(21-19-18-14)13(17)6-4-11-5-7-15-12(10-11)8-9-20-15/h5,7,10,13H,2-4,6,8-9,17H2,1H3. The van der Waals surface area contributed by atoms with Crippen LogP contribution in [-0.2, 0) is 19.3 Å². The quantitative estimate of drug-likeness (QED) is 0.891. The van der Waals surface area contributed by atoms with Gasteiger partial charge in [0.25, 0.3) is 0 Å². The van der Waals surface area contributed by atoms with Gasteiger partial charge in [0.15, 0.2) is 0 Å². The van der Waals surface area contributed by atoms with Crippen molar-refractivity contribution >= 4 is 11.5 Å². The van der Waals surface area contributed by atoms with Crippen LogP contribution in [0.15, 0.2) is 18.2 Å². The molecule has 0 spiro atoms. The first-order valence-corrected chi connectivity index (χ1v) is 8.36. The normalized spacial score (nSPS) is 14.8. The largest absolute Gasteiger partial charge is 0.493 e. The Morgan fingerprint density at radius 3 is 3.14 bits per heavy atom. The van der Waals surface area contributed by atoms with E-state index >= 15 is 0 Å². The summed E-state index contributed by atoms with van der Waals surface area (Å²) in [7, 11) is 0. The lowest BCUT2D eigenvalue weighted by molar-refractivity contribution is 0.357. The van der Waals surface area contributed by atoms with Crippen LogP contribution in [0.5, 0.6) is 5.75 Å². The number of rotatable bonds is 6. The molecule has 1 aromatic carbocycles. The zero-order valence-corrected chi connectivity index (χ0v) is 13.2. The Bertz CT molecular complexity index is 611. The van der Waals surface area contributed by atoms with E-state index in [2.05, 4.69) is 34.7 Å². The van der Waals surface area contributed by atoms with Gasteiger partial charge in [-0.3, -0.25) is 0 Å². The molecular weight excluding hydrogens is 282 g/mol. The monoisotopic (exact) mass is 303 g/mol. The first-order valence-electron chi connectivity index (χ1n) is 7.59. The van der Waals surface area contributed by atoms with E-state index in [9.17, 15) is 0 Å². The van der Waals surface area contributed by atoms with Gasteiger partial charge < -0.3 is 10.5 Å². The predicted molar refractivity (Wildman–Crippen MR) is 84.8 cm³/mol. The number of ether oxygens (including phenoxy) is 1. The first-order chi connectivity index (χ1) is 10.3. The number of nitrogens with two attached hydrogens (primary N) is 1. The van der Waals surface area contributed by atoms with Crippen molar-refractivity contribution in [2.24, 2.45) is 5.73 Å². The van der Waals surface area contributed by atoms with E-state index in [1.807, 2.05) is 0 Å². The molecule has 1 aliphatic heterocycles. The molecule has 0 saturated carbocycles. The van der Waals surface area contributed by atoms with Gasteiger partial charge in [-0.25, -0.2) is 0 Å². The summed E-state index contributed by atoms with van der Waals surface area (Å²) >= 11 is 1.45. The summed E-state index contributed by atoms with van der Waals surface area (Å²) in [6.45, 7) is 2.96. The minimum atomic E-state index is 0.0380. The predicted octanol–water partition coefficient (Wildman–Crippen LogP) is 3.06. The highest BCUT2D eigenvalue weighted by molar-refractivity contribution is 7.05. The minimum absolute atomic E-state index is 0.0380. The van der Waals surface area contributed by atoms with Crippen LogP contribution in [-0.4, -0.2) is 16.2 Å². The van der Waals surface area contributed by atoms with E-state index in [1.165, 1.54) is 22.7 Å². The third kappa shape index (κ3) is 3.24. The maximum Gasteiger partial charge on any atom is 0.122 e. The Morgan fingerprint density at radius 2 is 2.29 bits per heavy atom. The smallest absolute Gasteiger partial charge is 0.122 e. The van der Waals surface area contributed by atoms with Crippen molar-refractivity contribution in [2.75, 3.05) is 6.61 Å². The summed E-state index contributed by atoms with van der Waals surface area (Å²) in [5.74, 6) is 1.04. The number of nitrogens with zero attached hydrogens (tertiary/aromatic N) is 2. The lowest BCUT2D eigenvalue weighted by atomic mass is 10.0. The molecule has 2 N–H and O–H groups in total. The zero-order valence-electron chi connectivity index (χ0n) is 12.3. The van der Waals surface area contributed by atoms with E-state index in [0.717, 1.165) is 55.0 Å². The Labute approximate surface area is 129 Å². The average molecular weight is 303 g/mol. The Kier molecular flexibility index (Phi) is 4.51. The number of hydrogen-bond donors (Lipinski definition) is 1. The molecule has 5 heteroatoms. The molecule has 0 fully saturated rings. The van der Waals surface area contributed by atoms with Crippen LogP contribution in [0.25, 0.3) is 0 Å². The van der Waals surface area contributed by atoms with E-state index in [4.69, 9.17) is 10.5 Å². The first kappa shape index (κ1) is 14.5. The molecule has 112 valence electrons. The van der Waals surface area contributed by atoms with Crippen LogP contribution in [0.1, 0.15) is 47.5 Å². The highest BCUT2D eigenvalue weighted by Crippen LogP contribution is 2.28. The van der Waals surface area contributed by atoms with Crippen LogP contribution in [0.4, 0.5) is 0 Å². The molecular formula is C16H21N3OS. The molecule has 3 rings (SSSR count). The molecule has 0 bridgehead atoms. The van der Waals surface area contributed by atoms with Crippen molar-refractivity contribution in [2.45, 2.75) is 45.1 Å². The zero-order chi connectivity index (χ0) is 14.7. The topological polar surface area (TPSA) is 61.0 Å². The molecule has 1 aromatic heterocycles. The Balaban J connectivity index is 1.63. The van der Waals surface area contributed by atoms with Gasteiger partial charge >= 0.3 is 0 Å². The molecule has 1 atom stereocenters. The maximum absolute atomic E-state index is 6.34. The molecule has 2 aromatic rings. The molecule has 4 nitrogen and oxygen atoms in total. The van der Waals surface area contributed by atoms with Crippen LogP contribution in [0, 0.1) is 0 Å². The third-order valence-electron chi connectivity index (χ3n) is 3.91. The lowest BCUT2D eigenvalue weighted by Crippen LogP contribution is -2.12. The van der Waals surface area contributed by atoms with Crippen LogP contribution in [0.3, 0.4) is 0 Å². The van der Waals surface area contributed by atoms with Gasteiger partial charge in [0.2, 0.25) is 0 Å². The summed E-state index contributed by atoms with van der Waals surface area (Å²) in [4.78, 5) is 1.15. The highest BCUT2D eigenvalue weighted by Gasteiger charge is 2.16. The van der Waals surface area contributed by atoms with Crippen molar-refractivity contribution in [3.8, 4) is 5.75 Å². The molecule has 21 heavy (non-hydrogen) atoms. The number of fused-ring (bicyclic) bond motifs is 1. The number of benzene rings is 1. The number of hydrogen-bond acceptors (Lipinski definition) is 5. The van der Waals surface area contributed by atoms with E-state index in [-0.39, 0.29) is 6.04 Å². The van der Waals surface area contributed by atoms with E-state index < -0.39 is 0 Å². The molecule has 1 unspecified atom stereocenters. The summed E-state index contributed by atoms with van der Waals surface area (Å²) in [6.07, 6.45) is 4.98. The number of aromatic nitrogens is 2. The van der Waals surface area contributed by atoms with Crippen molar-refractivity contribution in [3.63, 3.8) is 0 Å². The molecule has 0 amide bonds. The van der Waals surface area contributed by atoms with E-state index in [0.29, 0.717) is 0 Å². The summed E-state index contributed by atoms with van der Waals surface area (Å²) in [5.41, 5.74) is 10.1. The van der Waals surface area contributed by atoms with Gasteiger partial charge in [-0.2, -0.15) is 0 Å².